The van der Waals surface area contributed by atoms with Crippen molar-refractivity contribution in [3.63, 3.8) is 0 Å². The van der Waals surface area contributed by atoms with Crippen molar-refractivity contribution in [3.8, 4) is 0 Å². The average molecular weight is 180 g/mol. The van der Waals surface area contributed by atoms with E-state index in [-0.39, 0.29) is 0 Å². The van der Waals surface area contributed by atoms with E-state index in [1.807, 2.05) is 6.07 Å². The van der Waals surface area contributed by atoms with Crippen LogP contribution >= 0.6 is 0 Å². The van der Waals surface area contributed by atoms with E-state index in [1.54, 1.807) is 0 Å². The van der Waals surface area contributed by atoms with Crippen LogP contribution in [0.3, 0.4) is 0 Å². The molecule has 2 heteroatoms. The molecule has 0 atom stereocenters. The molecular formula is C10H16OSi. The lowest BCUT2D eigenvalue weighted by atomic mass is 10.4. The lowest BCUT2D eigenvalue weighted by molar-refractivity contribution is 0.332. The summed E-state index contributed by atoms with van der Waals surface area (Å²) in [5.41, 5.74) is 0. The molecule has 0 unspecified atom stereocenters. The second-order valence-corrected chi connectivity index (χ2v) is 4.41. The molecule has 66 valence electrons. The number of unbranched alkanes of at least 4 members (excludes halogenated alkanes) is 1. The molecule has 0 aliphatic heterocycles. The molecule has 0 bridgehead atoms. The zero-order chi connectivity index (χ0) is 8.65. The molecule has 0 spiro atoms. The summed E-state index contributed by atoms with van der Waals surface area (Å²) < 4.78 is 5.60. The molecule has 0 aliphatic carbocycles. The highest BCUT2D eigenvalue weighted by atomic mass is 28.2. The fourth-order valence-corrected chi connectivity index (χ4v) is 2.06. The van der Waals surface area contributed by atoms with Crippen molar-refractivity contribution in [2.24, 2.45) is 0 Å². The van der Waals surface area contributed by atoms with Crippen molar-refractivity contribution in [1.29, 1.82) is 0 Å². The van der Waals surface area contributed by atoms with Gasteiger partial charge in [-0.2, -0.15) is 0 Å². The summed E-state index contributed by atoms with van der Waals surface area (Å²) in [6.07, 6.45) is 2.42. The third-order valence-electron chi connectivity index (χ3n) is 1.75. The van der Waals surface area contributed by atoms with Gasteiger partial charge in [0, 0.05) is 6.61 Å². The zero-order valence-electron chi connectivity index (χ0n) is 7.62. The highest BCUT2D eigenvalue weighted by Gasteiger charge is 1.91. The number of rotatable bonds is 5. The molecule has 1 nitrogen and oxygen atoms in total. The molecule has 0 aliphatic rings. The predicted octanol–water partition coefficient (Wildman–Crippen LogP) is 1.21. The first-order valence-electron chi connectivity index (χ1n) is 4.55. The number of benzene rings is 1. The van der Waals surface area contributed by atoms with Crippen LogP contribution in [0.25, 0.3) is 0 Å². The van der Waals surface area contributed by atoms with Gasteiger partial charge in [0.25, 0.3) is 0 Å². The van der Waals surface area contributed by atoms with Crippen molar-refractivity contribution >= 4 is 14.9 Å². The zero-order valence-corrected chi connectivity index (χ0v) is 9.04. The minimum absolute atomic E-state index is 0.432. The van der Waals surface area contributed by atoms with Crippen LogP contribution in [0.5, 0.6) is 0 Å². The van der Waals surface area contributed by atoms with Crippen LogP contribution in [0.1, 0.15) is 19.8 Å². The Hall–Kier alpha value is -0.603. The molecule has 1 aromatic rings. The second-order valence-electron chi connectivity index (χ2n) is 2.89. The normalized spacial score (nSPS) is 11.1. The predicted molar refractivity (Wildman–Crippen MR) is 55.5 cm³/mol. The van der Waals surface area contributed by atoms with Crippen molar-refractivity contribution in [2.75, 3.05) is 6.61 Å². The number of hydrogen-bond donors (Lipinski definition) is 0. The number of hydrogen-bond acceptors (Lipinski definition) is 1. The van der Waals surface area contributed by atoms with Gasteiger partial charge in [0.2, 0.25) is 0 Å². The summed E-state index contributed by atoms with van der Waals surface area (Å²) in [5.74, 6) is 0. The molecule has 0 amide bonds. The van der Waals surface area contributed by atoms with Gasteiger partial charge in [0.15, 0.2) is 9.76 Å². The van der Waals surface area contributed by atoms with E-state index in [9.17, 15) is 0 Å². The SMILES string of the molecule is CCCCO[SiH2]c1ccccc1. The molecule has 0 heterocycles. The Bertz CT molecular complexity index is 198. The van der Waals surface area contributed by atoms with Crippen LogP contribution in [-0.4, -0.2) is 16.4 Å². The van der Waals surface area contributed by atoms with Gasteiger partial charge in [-0.15, -0.1) is 0 Å². The quantitative estimate of drug-likeness (QED) is 0.489. The van der Waals surface area contributed by atoms with Gasteiger partial charge in [-0.25, -0.2) is 0 Å². The monoisotopic (exact) mass is 180 g/mol. The Morgan fingerprint density at radius 2 is 2.00 bits per heavy atom. The van der Waals surface area contributed by atoms with Crippen molar-refractivity contribution in [3.05, 3.63) is 30.3 Å². The largest absolute Gasteiger partial charge is 0.419 e. The van der Waals surface area contributed by atoms with Crippen LogP contribution < -0.4 is 5.19 Å². The minimum atomic E-state index is -0.432. The van der Waals surface area contributed by atoms with Crippen LogP contribution in [0, 0.1) is 0 Å². The Morgan fingerprint density at radius 3 is 2.67 bits per heavy atom. The summed E-state index contributed by atoms with van der Waals surface area (Å²) >= 11 is 0. The van der Waals surface area contributed by atoms with Crippen LogP contribution in [0.15, 0.2) is 30.3 Å². The first-order valence-corrected chi connectivity index (χ1v) is 5.83. The first-order chi connectivity index (χ1) is 5.93. The van der Waals surface area contributed by atoms with E-state index in [1.165, 1.54) is 18.0 Å². The van der Waals surface area contributed by atoms with Crippen LogP contribution in [0.4, 0.5) is 0 Å². The van der Waals surface area contributed by atoms with E-state index in [4.69, 9.17) is 4.43 Å². The van der Waals surface area contributed by atoms with Crippen molar-refractivity contribution < 1.29 is 4.43 Å². The summed E-state index contributed by atoms with van der Waals surface area (Å²) in [5, 5.41) is 1.40. The summed E-state index contributed by atoms with van der Waals surface area (Å²) in [6.45, 7) is 3.13. The van der Waals surface area contributed by atoms with Crippen LogP contribution in [0.2, 0.25) is 0 Å². The smallest absolute Gasteiger partial charge is 0.192 e. The Balaban J connectivity index is 2.16. The first kappa shape index (κ1) is 9.48. The lowest BCUT2D eigenvalue weighted by Crippen LogP contribution is -2.17. The van der Waals surface area contributed by atoms with Crippen molar-refractivity contribution in [1.82, 2.24) is 0 Å². The summed E-state index contributed by atoms with van der Waals surface area (Å²) in [4.78, 5) is 0. The molecular weight excluding hydrogens is 164 g/mol. The highest BCUT2D eigenvalue weighted by molar-refractivity contribution is 6.46. The van der Waals surface area contributed by atoms with E-state index in [0.29, 0.717) is 0 Å². The van der Waals surface area contributed by atoms with Gasteiger partial charge >= 0.3 is 0 Å². The van der Waals surface area contributed by atoms with Gasteiger partial charge in [0.1, 0.15) is 0 Å². The Kier molecular flexibility index (Phi) is 4.72. The Labute approximate surface area is 76.7 Å². The van der Waals surface area contributed by atoms with Gasteiger partial charge in [-0.1, -0.05) is 43.7 Å². The topological polar surface area (TPSA) is 9.23 Å². The lowest BCUT2D eigenvalue weighted by Gasteiger charge is -2.01. The molecule has 0 radical (unpaired) electrons. The third-order valence-corrected chi connectivity index (χ3v) is 3.05. The highest BCUT2D eigenvalue weighted by Crippen LogP contribution is 1.87. The molecule has 0 saturated carbocycles. The van der Waals surface area contributed by atoms with Crippen LogP contribution in [-0.2, 0) is 4.43 Å². The Morgan fingerprint density at radius 1 is 1.25 bits per heavy atom. The molecule has 0 saturated heterocycles. The molecule has 1 aromatic carbocycles. The molecule has 1 rings (SSSR count). The van der Waals surface area contributed by atoms with Gasteiger partial charge < -0.3 is 4.43 Å². The van der Waals surface area contributed by atoms with Crippen molar-refractivity contribution in [2.45, 2.75) is 19.8 Å². The maximum Gasteiger partial charge on any atom is 0.192 e. The molecule has 12 heavy (non-hydrogen) atoms. The van der Waals surface area contributed by atoms with Gasteiger partial charge in [-0.05, 0) is 11.6 Å². The fraction of sp³-hybridized carbons (Fsp3) is 0.400. The summed E-state index contributed by atoms with van der Waals surface area (Å²) in [6, 6.07) is 10.5. The molecule has 0 fully saturated rings. The minimum Gasteiger partial charge on any atom is -0.419 e. The maximum absolute atomic E-state index is 5.60. The standard InChI is InChI=1S/C10H16OSi/c1-2-3-9-11-12-10-7-5-4-6-8-10/h4-8H,2-3,9,12H2,1H3. The molecule has 0 aromatic heterocycles. The second kappa shape index (κ2) is 5.97. The fourth-order valence-electron chi connectivity index (χ4n) is 1.01. The third kappa shape index (κ3) is 3.69. The van der Waals surface area contributed by atoms with E-state index in [2.05, 4.69) is 31.2 Å². The maximum atomic E-state index is 5.60. The molecule has 0 N–H and O–H groups in total. The summed E-state index contributed by atoms with van der Waals surface area (Å²) in [7, 11) is -0.432. The van der Waals surface area contributed by atoms with E-state index in [0.717, 1.165) is 6.61 Å². The van der Waals surface area contributed by atoms with Gasteiger partial charge in [0.05, 0.1) is 0 Å². The average Bonchev–Trinajstić information content (AvgIpc) is 2.14. The van der Waals surface area contributed by atoms with Gasteiger partial charge in [-0.3, -0.25) is 0 Å². The van der Waals surface area contributed by atoms with E-state index < -0.39 is 9.76 Å². The van der Waals surface area contributed by atoms with E-state index >= 15 is 0 Å².